The molecule has 0 N–H and O–H groups in total. The van der Waals surface area contributed by atoms with E-state index in [9.17, 15) is 0 Å². The summed E-state index contributed by atoms with van der Waals surface area (Å²) in [7, 11) is 0. The van der Waals surface area contributed by atoms with E-state index >= 15 is 0 Å². The van der Waals surface area contributed by atoms with E-state index in [4.69, 9.17) is 0 Å². The highest BCUT2D eigenvalue weighted by Crippen LogP contribution is 1.83. The average Bonchev–Trinajstić information content (AvgIpc) is 1.81. The Bertz CT molecular complexity index is 136. The van der Waals surface area contributed by atoms with E-state index in [1.807, 2.05) is 18.2 Å². The molecule has 0 bridgehead atoms. The molecule has 42 valence electrons. The maximum Gasteiger partial charge on any atom is -0.0189 e. The maximum absolute atomic E-state index is 3.39. The third kappa shape index (κ3) is 5.48. The monoisotopic (exact) mass is 170 g/mol. The summed E-state index contributed by atoms with van der Waals surface area (Å²) in [6.45, 7) is 3.39. The fourth-order valence-corrected chi connectivity index (χ4v) is 0.406. The lowest BCUT2D eigenvalue weighted by molar-refractivity contribution is 1.96. The first-order valence-corrected chi connectivity index (χ1v) is 3.11. The van der Waals surface area contributed by atoms with Crippen LogP contribution < -0.4 is 0 Å². The Hall–Kier alpha value is -0.520. The summed E-state index contributed by atoms with van der Waals surface area (Å²) < 4.78 is 0. The van der Waals surface area contributed by atoms with Gasteiger partial charge in [-0.1, -0.05) is 40.7 Å². The second kappa shape index (κ2) is 6.48. The van der Waals surface area contributed by atoms with E-state index < -0.39 is 0 Å². The molecule has 0 radical (unpaired) electrons. The topological polar surface area (TPSA) is 0 Å². The smallest absolute Gasteiger partial charge is 0.0189 e. The Morgan fingerprint density at radius 2 is 2.00 bits per heavy atom. The summed E-state index contributed by atoms with van der Waals surface area (Å²) in [5.41, 5.74) is 2.62. The quantitative estimate of drug-likeness (QED) is 0.442. The van der Waals surface area contributed by atoms with Gasteiger partial charge in [0.1, 0.15) is 0 Å². The molecule has 0 saturated heterocycles. The van der Waals surface area contributed by atoms with Crippen molar-refractivity contribution in [1.82, 2.24) is 0 Å². The summed E-state index contributed by atoms with van der Waals surface area (Å²) in [5, 5.41) is 0. The highest BCUT2D eigenvalue weighted by atomic mass is 79.9. The van der Waals surface area contributed by atoms with Crippen molar-refractivity contribution in [3.8, 4) is 0 Å². The maximum atomic E-state index is 3.39. The zero-order chi connectivity index (χ0) is 6.24. The molecule has 0 saturated carbocycles. The molecule has 0 fully saturated rings. The normalized spacial score (nSPS) is 10.1. The molecule has 0 aromatic rings. The second-order valence-electron chi connectivity index (χ2n) is 1.07. The molecule has 0 aliphatic carbocycles. The van der Waals surface area contributed by atoms with Gasteiger partial charge in [-0.2, -0.15) is 0 Å². The molecule has 0 heterocycles. The van der Waals surface area contributed by atoms with Gasteiger partial charge in [-0.25, -0.2) is 0 Å². The van der Waals surface area contributed by atoms with Crippen LogP contribution in [0.15, 0.2) is 41.6 Å². The summed E-state index contributed by atoms with van der Waals surface area (Å²) in [6.07, 6.45) is 7.35. The van der Waals surface area contributed by atoms with Gasteiger partial charge in [-0.3, -0.25) is 0 Å². The highest BCUT2D eigenvalue weighted by molar-refractivity contribution is 9.11. The lowest BCUT2D eigenvalue weighted by Crippen LogP contribution is -1.42. The lowest BCUT2D eigenvalue weighted by atomic mass is 10.5. The zero-order valence-electron chi connectivity index (χ0n) is 4.47. The Kier molecular flexibility index (Phi) is 6.06. The molecular weight excluding hydrogens is 164 g/mol. The van der Waals surface area contributed by atoms with Crippen molar-refractivity contribution in [2.24, 2.45) is 0 Å². The van der Waals surface area contributed by atoms with Crippen LogP contribution in [0.4, 0.5) is 0 Å². The lowest BCUT2D eigenvalue weighted by Gasteiger charge is -1.64. The van der Waals surface area contributed by atoms with Gasteiger partial charge < -0.3 is 0 Å². The van der Waals surface area contributed by atoms with Gasteiger partial charge in [0.25, 0.3) is 0 Å². The molecule has 8 heavy (non-hydrogen) atoms. The molecule has 1 heteroatoms. The van der Waals surface area contributed by atoms with Gasteiger partial charge in [-0.05, 0) is 11.1 Å². The number of allylic oxidation sites excluding steroid dienone is 4. The molecule has 0 spiro atoms. The van der Waals surface area contributed by atoms with Gasteiger partial charge >= 0.3 is 0 Å². The second-order valence-corrected chi connectivity index (χ2v) is 1.60. The third-order valence-electron chi connectivity index (χ3n) is 0.509. The van der Waals surface area contributed by atoms with E-state index in [0.29, 0.717) is 0 Å². The van der Waals surface area contributed by atoms with Crippen molar-refractivity contribution < 1.29 is 0 Å². The largest absolute Gasteiger partial charge is 0.129 e. The third-order valence-corrected chi connectivity index (χ3v) is 0.814. The van der Waals surface area contributed by atoms with Crippen LogP contribution in [0.3, 0.4) is 0 Å². The van der Waals surface area contributed by atoms with Crippen LogP contribution in [0.25, 0.3) is 0 Å². The van der Waals surface area contributed by atoms with Crippen LogP contribution in [0.2, 0.25) is 0 Å². The minimum absolute atomic E-state index is 1.74. The Labute approximate surface area is 58.0 Å². The summed E-state index contributed by atoms with van der Waals surface area (Å²) in [4.78, 5) is 1.78. The molecule has 0 aromatic heterocycles. The molecule has 0 aliphatic rings. The van der Waals surface area contributed by atoms with E-state index in [0.717, 1.165) is 0 Å². The molecule has 0 atom stereocenters. The van der Waals surface area contributed by atoms with Crippen molar-refractivity contribution in [2.75, 3.05) is 0 Å². The van der Waals surface area contributed by atoms with Gasteiger partial charge in [-0.15, -0.1) is 5.73 Å². The van der Waals surface area contributed by atoms with E-state index in [-0.39, 0.29) is 0 Å². The molecule has 0 nitrogen and oxygen atoms in total. The zero-order valence-corrected chi connectivity index (χ0v) is 6.06. The number of halogens is 1. The van der Waals surface area contributed by atoms with Gasteiger partial charge in [0.15, 0.2) is 0 Å². The van der Waals surface area contributed by atoms with Gasteiger partial charge in [0, 0.05) is 0 Å². The number of hydrogen-bond acceptors (Lipinski definition) is 0. The first kappa shape index (κ1) is 7.48. The fraction of sp³-hybridized carbons (Fsp3) is 0. The van der Waals surface area contributed by atoms with Gasteiger partial charge in [0.2, 0.25) is 0 Å². The van der Waals surface area contributed by atoms with Crippen LogP contribution in [-0.4, -0.2) is 0 Å². The van der Waals surface area contributed by atoms with E-state index in [1.165, 1.54) is 0 Å². The summed E-state index contributed by atoms with van der Waals surface area (Å²) in [6, 6.07) is 0. The molecule has 0 amide bonds. The van der Waals surface area contributed by atoms with Crippen molar-refractivity contribution in [2.45, 2.75) is 0 Å². The van der Waals surface area contributed by atoms with Crippen molar-refractivity contribution in [3.05, 3.63) is 41.6 Å². The number of rotatable bonds is 2. The molecule has 0 aromatic carbocycles. The summed E-state index contributed by atoms with van der Waals surface area (Å²) >= 11 is 3.12. The first-order valence-electron chi connectivity index (χ1n) is 2.19. The Morgan fingerprint density at radius 3 is 2.50 bits per heavy atom. The SMILES string of the molecule is C=C=CC=CC=CBr. The highest BCUT2D eigenvalue weighted by Gasteiger charge is 1.54. The van der Waals surface area contributed by atoms with E-state index in [2.05, 4.69) is 28.2 Å². The van der Waals surface area contributed by atoms with Crippen LogP contribution in [-0.2, 0) is 0 Å². The van der Waals surface area contributed by atoms with Crippen LogP contribution in [0.5, 0.6) is 0 Å². The van der Waals surface area contributed by atoms with Crippen LogP contribution in [0, 0.1) is 0 Å². The van der Waals surface area contributed by atoms with Crippen molar-refractivity contribution in [3.63, 3.8) is 0 Å². The van der Waals surface area contributed by atoms with Crippen molar-refractivity contribution in [1.29, 1.82) is 0 Å². The van der Waals surface area contributed by atoms with Crippen LogP contribution >= 0.6 is 15.9 Å². The average molecular weight is 171 g/mol. The predicted octanol–water partition coefficient (Wildman–Crippen LogP) is 2.79. The Morgan fingerprint density at radius 1 is 1.25 bits per heavy atom. The molecule has 0 unspecified atom stereocenters. The van der Waals surface area contributed by atoms with E-state index in [1.54, 1.807) is 11.1 Å². The minimum Gasteiger partial charge on any atom is -0.129 e. The standard InChI is InChI=1S/C7H7Br/c1-2-3-4-5-6-7-8/h3-7H,1H2. The first-order chi connectivity index (χ1) is 3.91. The molecule has 0 aliphatic heterocycles. The molecular formula is C7H7Br. The predicted molar refractivity (Wildman–Crippen MR) is 40.9 cm³/mol. The number of hydrogen-bond donors (Lipinski definition) is 0. The van der Waals surface area contributed by atoms with Crippen LogP contribution in [0.1, 0.15) is 0 Å². The molecule has 0 rings (SSSR count). The fourth-order valence-electron chi connectivity index (χ4n) is 0.230. The Balaban J connectivity index is 3.50. The minimum atomic E-state index is 1.74. The van der Waals surface area contributed by atoms with Crippen molar-refractivity contribution >= 4 is 15.9 Å². The van der Waals surface area contributed by atoms with Gasteiger partial charge in [0.05, 0.1) is 0 Å². The summed E-state index contributed by atoms with van der Waals surface area (Å²) in [5.74, 6) is 0.